The molecule has 1 aromatic rings. The number of fused-ring (bicyclic) bond motifs is 6. The fraction of sp³-hybridized carbons (Fsp3) is 0.810. The van der Waals surface area contributed by atoms with Crippen molar-refractivity contribution < 1.29 is 28.9 Å². The van der Waals surface area contributed by atoms with Gasteiger partial charge in [0.1, 0.15) is 6.61 Å². The smallest absolute Gasteiger partial charge is 0.302 e. The molecule has 15 atom stereocenters. The van der Waals surface area contributed by atoms with Crippen molar-refractivity contribution in [2.24, 2.45) is 46.8 Å². The normalized spacial score (nSPS) is 45.2. The Hall–Kier alpha value is -2.60. The van der Waals surface area contributed by atoms with Crippen LogP contribution in [0.15, 0.2) is 29.0 Å². The molecule has 3 aliphatic heterocycles. The molecular formula is C42H63N5O6. The minimum atomic E-state index is -0.580. The summed E-state index contributed by atoms with van der Waals surface area (Å²) in [6, 6.07) is -0.0295. The first-order valence-corrected chi connectivity index (χ1v) is 20.7. The number of aliphatic hydroxyl groups is 1. The molecule has 53 heavy (non-hydrogen) atoms. The van der Waals surface area contributed by atoms with E-state index < -0.39 is 6.23 Å². The van der Waals surface area contributed by atoms with Crippen LogP contribution in [0.2, 0.25) is 0 Å². The third-order valence-corrected chi connectivity index (χ3v) is 15.7. The predicted octanol–water partition coefficient (Wildman–Crippen LogP) is 5.74. The Morgan fingerprint density at radius 3 is 2.66 bits per heavy atom. The molecule has 0 bridgehead atoms. The molecule has 2 saturated carbocycles. The van der Waals surface area contributed by atoms with E-state index in [-0.39, 0.29) is 71.7 Å². The number of aliphatic hydroxyl groups excluding tert-OH is 1. The standard InChI is InChI=1S/C42H63N5O6/c1-22-15-36-39(26(5)42(53-36)14-12-32-33-10-9-29-16-31(50)11-13-41(29,8)35(33)17-34(32)25(42)4)46(18-22)19-30-20-47(45-44-30)40-38(43-27(6)48)24(3)23(2)37(52-40)21-51-28(7)49/h9,20,22-24,26,31-33,35-40,50H,10-19,21H2,1-8H3,(H,43,48)/t22-,23-,24?,26+,31-,32-,33-,35-,36+,37?,38-,39-,40+,41-,42-/m0/s1. The van der Waals surface area contributed by atoms with E-state index >= 15 is 0 Å². The molecule has 4 aliphatic carbocycles. The zero-order valence-electron chi connectivity index (χ0n) is 33.2. The van der Waals surface area contributed by atoms with Gasteiger partial charge < -0.3 is 24.6 Å². The summed E-state index contributed by atoms with van der Waals surface area (Å²) in [6.45, 7) is 18.6. The number of nitrogens with zero attached hydrogens (tertiary/aromatic N) is 4. The third kappa shape index (κ3) is 6.24. The van der Waals surface area contributed by atoms with Crippen LogP contribution in [0.5, 0.6) is 0 Å². The van der Waals surface area contributed by atoms with Crippen LogP contribution in [0.4, 0.5) is 0 Å². The Labute approximate surface area is 315 Å². The lowest BCUT2D eigenvalue weighted by atomic mass is 9.56. The van der Waals surface area contributed by atoms with Crippen molar-refractivity contribution in [3.8, 4) is 0 Å². The fourth-order valence-corrected chi connectivity index (χ4v) is 12.7. The van der Waals surface area contributed by atoms with Gasteiger partial charge in [0, 0.05) is 38.9 Å². The van der Waals surface area contributed by atoms with Crippen LogP contribution in [-0.4, -0.2) is 86.0 Å². The largest absolute Gasteiger partial charge is 0.463 e. The molecule has 0 aromatic carbocycles. The van der Waals surface area contributed by atoms with Crippen molar-refractivity contribution in [2.45, 2.75) is 156 Å². The van der Waals surface area contributed by atoms with Gasteiger partial charge in [-0.1, -0.05) is 57.1 Å². The first kappa shape index (κ1) is 37.3. The van der Waals surface area contributed by atoms with Crippen molar-refractivity contribution >= 4 is 11.9 Å². The molecular weight excluding hydrogens is 670 g/mol. The summed E-state index contributed by atoms with van der Waals surface area (Å²) < 4.78 is 21.1. The molecule has 7 aliphatic rings. The van der Waals surface area contributed by atoms with Crippen LogP contribution < -0.4 is 5.32 Å². The number of aromatic nitrogens is 3. The Bertz CT molecular complexity index is 1660. The number of allylic oxidation sites excluding steroid dienone is 2. The maximum absolute atomic E-state index is 12.3. The highest BCUT2D eigenvalue weighted by Crippen LogP contribution is 2.65. The second-order valence-electron chi connectivity index (χ2n) is 18.6. The zero-order chi connectivity index (χ0) is 37.6. The van der Waals surface area contributed by atoms with Gasteiger partial charge in [0.05, 0.1) is 41.8 Å². The molecule has 4 heterocycles. The maximum Gasteiger partial charge on any atom is 0.302 e. The van der Waals surface area contributed by atoms with Crippen LogP contribution in [0, 0.1) is 46.8 Å². The molecule has 5 fully saturated rings. The number of ether oxygens (including phenoxy) is 3. The van der Waals surface area contributed by atoms with Crippen molar-refractivity contribution in [3.05, 3.63) is 34.7 Å². The number of likely N-dealkylation sites (tertiary alicyclic amines) is 1. The minimum Gasteiger partial charge on any atom is -0.463 e. The predicted molar refractivity (Wildman–Crippen MR) is 199 cm³/mol. The summed E-state index contributed by atoms with van der Waals surface area (Å²) in [4.78, 5) is 26.6. The van der Waals surface area contributed by atoms with E-state index in [4.69, 9.17) is 14.2 Å². The van der Waals surface area contributed by atoms with Gasteiger partial charge in [0.2, 0.25) is 5.91 Å². The molecule has 11 nitrogen and oxygen atoms in total. The molecule has 8 rings (SSSR count). The van der Waals surface area contributed by atoms with Crippen LogP contribution in [0.3, 0.4) is 0 Å². The number of nitrogens with one attached hydrogen (secondary N) is 1. The monoisotopic (exact) mass is 733 g/mol. The highest BCUT2D eigenvalue weighted by atomic mass is 16.6. The van der Waals surface area contributed by atoms with Crippen LogP contribution in [0.25, 0.3) is 0 Å². The summed E-state index contributed by atoms with van der Waals surface area (Å²) in [5.41, 5.74) is 5.58. The number of hydrogen-bond acceptors (Lipinski definition) is 9. The molecule has 1 aromatic heterocycles. The quantitative estimate of drug-likeness (QED) is 0.278. The van der Waals surface area contributed by atoms with E-state index in [0.717, 1.165) is 50.8 Å². The molecule has 292 valence electrons. The molecule has 11 heteroatoms. The second-order valence-corrected chi connectivity index (χ2v) is 18.6. The average molecular weight is 734 g/mol. The highest BCUT2D eigenvalue weighted by Gasteiger charge is 2.61. The number of hydrogen-bond donors (Lipinski definition) is 2. The number of esters is 1. The lowest BCUT2D eigenvalue weighted by Gasteiger charge is -2.49. The first-order valence-electron chi connectivity index (χ1n) is 20.7. The Morgan fingerprint density at radius 1 is 1.11 bits per heavy atom. The van der Waals surface area contributed by atoms with E-state index in [0.29, 0.717) is 36.1 Å². The van der Waals surface area contributed by atoms with Crippen molar-refractivity contribution in [3.63, 3.8) is 0 Å². The number of carbonyl (C=O) groups excluding carboxylic acids is 2. The summed E-state index contributed by atoms with van der Waals surface area (Å²) in [6.07, 6.45) is 12.2. The van der Waals surface area contributed by atoms with Crippen molar-refractivity contribution in [2.75, 3.05) is 13.2 Å². The van der Waals surface area contributed by atoms with Gasteiger partial charge in [-0.05, 0) is 105 Å². The number of amides is 1. The molecule has 0 radical (unpaired) electrons. The van der Waals surface area contributed by atoms with Crippen LogP contribution in [-0.2, 0) is 30.3 Å². The number of rotatable bonds is 6. The lowest BCUT2D eigenvalue weighted by Crippen LogP contribution is -2.55. The Morgan fingerprint density at radius 2 is 1.91 bits per heavy atom. The van der Waals surface area contributed by atoms with Crippen LogP contribution in [0.1, 0.15) is 119 Å². The van der Waals surface area contributed by atoms with E-state index in [1.165, 1.54) is 37.8 Å². The molecule has 2 N–H and O–H groups in total. The highest BCUT2D eigenvalue weighted by molar-refractivity contribution is 5.73. The number of carbonyl (C=O) groups is 2. The molecule has 1 amide bonds. The van der Waals surface area contributed by atoms with E-state index in [9.17, 15) is 14.7 Å². The number of piperidine rings is 1. The van der Waals surface area contributed by atoms with Crippen molar-refractivity contribution in [1.29, 1.82) is 0 Å². The summed E-state index contributed by atoms with van der Waals surface area (Å²) in [7, 11) is 0. The molecule has 2 unspecified atom stereocenters. The third-order valence-electron chi connectivity index (χ3n) is 15.7. The first-order chi connectivity index (χ1) is 25.2. The van der Waals surface area contributed by atoms with Gasteiger partial charge in [-0.25, -0.2) is 4.68 Å². The van der Waals surface area contributed by atoms with Crippen molar-refractivity contribution in [1.82, 2.24) is 25.2 Å². The van der Waals surface area contributed by atoms with Gasteiger partial charge >= 0.3 is 5.97 Å². The van der Waals surface area contributed by atoms with E-state index in [1.54, 1.807) is 10.3 Å². The summed E-state index contributed by atoms with van der Waals surface area (Å²) in [5, 5.41) is 22.9. The van der Waals surface area contributed by atoms with Gasteiger partial charge in [0.15, 0.2) is 6.23 Å². The van der Waals surface area contributed by atoms with E-state index in [1.807, 2.05) is 6.20 Å². The SMILES string of the molecule is CC(=O)N[C@H]1C(C)[C@H](C)C(COC(C)=O)O[C@H]1n1cc(CN2C[C@@H](C)C[C@H]3O[C@]4(CC[C@@H]5C(=C4C)C[C@H]4[C@H]5CC=C5C[C@@H](O)CC[C@@]54C)[C@H](C)[C@@H]32)nn1. The topological polar surface area (TPSA) is 128 Å². The maximum atomic E-state index is 12.3. The lowest BCUT2D eigenvalue weighted by molar-refractivity contribution is -0.184. The zero-order valence-corrected chi connectivity index (χ0v) is 33.2. The fourth-order valence-electron chi connectivity index (χ4n) is 12.7. The molecule has 1 spiro atoms. The van der Waals surface area contributed by atoms with Gasteiger partial charge in [-0.15, -0.1) is 5.10 Å². The second kappa shape index (κ2) is 13.9. The van der Waals surface area contributed by atoms with Gasteiger partial charge in [-0.3, -0.25) is 14.5 Å². The van der Waals surface area contributed by atoms with Crippen LogP contribution >= 0.6 is 0 Å². The van der Waals surface area contributed by atoms with Gasteiger partial charge in [0.25, 0.3) is 0 Å². The Kier molecular flexibility index (Phi) is 9.76. The summed E-state index contributed by atoms with van der Waals surface area (Å²) >= 11 is 0. The minimum absolute atomic E-state index is 0.0497. The summed E-state index contributed by atoms with van der Waals surface area (Å²) in [5.74, 6) is 2.50. The average Bonchev–Trinajstić information content (AvgIpc) is 3.80. The molecule has 3 saturated heterocycles. The van der Waals surface area contributed by atoms with E-state index in [2.05, 4.69) is 68.1 Å². The Balaban J connectivity index is 1.02. The van der Waals surface area contributed by atoms with Gasteiger partial charge in [-0.2, -0.15) is 0 Å².